The predicted octanol–water partition coefficient (Wildman–Crippen LogP) is 2.30. The first-order valence-corrected chi connectivity index (χ1v) is 8.82. The van der Waals surface area contributed by atoms with Crippen LogP contribution in [0, 0.1) is 5.92 Å². The topological polar surface area (TPSA) is 52.7 Å². The Hall–Kier alpha value is -0.810. The molecule has 0 radical (unpaired) electrons. The molecule has 1 aliphatic heterocycles. The number of carbonyl (C=O) groups is 2. The van der Waals surface area contributed by atoms with Gasteiger partial charge in [0.15, 0.2) is 0 Å². The van der Waals surface area contributed by atoms with Crippen LogP contribution in [0.25, 0.3) is 0 Å². The highest BCUT2D eigenvalue weighted by Crippen LogP contribution is 2.17. The zero-order valence-electron chi connectivity index (χ0n) is 15.0. The Morgan fingerprint density at radius 1 is 1.17 bits per heavy atom. The van der Waals surface area contributed by atoms with Crippen molar-refractivity contribution in [3.63, 3.8) is 0 Å². The van der Waals surface area contributed by atoms with Gasteiger partial charge in [0.2, 0.25) is 11.8 Å². The van der Waals surface area contributed by atoms with Crippen LogP contribution in [-0.2, 0) is 9.59 Å². The summed E-state index contributed by atoms with van der Waals surface area (Å²) >= 11 is 0. The standard InChI is InChI=1S/C17H33N3O2.ClH/c1-4-10-19(11-5-2)16(21)7-6-8-17(22)20-12-9-15(14-20)13-18-3;/h15,18H,4-14H2,1-3H3;1H. The highest BCUT2D eigenvalue weighted by atomic mass is 35.5. The van der Waals surface area contributed by atoms with Crippen LogP contribution in [0.3, 0.4) is 0 Å². The fourth-order valence-corrected chi connectivity index (χ4v) is 3.12. The van der Waals surface area contributed by atoms with Crippen LogP contribution in [-0.4, -0.2) is 61.4 Å². The van der Waals surface area contributed by atoms with Crippen LogP contribution < -0.4 is 5.32 Å². The normalized spacial score (nSPS) is 17.0. The number of nitrogens with one attached hydrogen (secondary N) is 1. The summed E-state index contributed by atoms with van der Waals surface area (Å²) in [5.41, 5.74) is 0. The second kappa shape index (κ2) is 12.6. The molecule has 0 saturated carbocycles. The molecule has 2 amide bonds. The molecule has 1 atom stereocenters. The van der Waals surface area contributed by atoms with E-state index in [1.807, 2.05) is 16.8 Å². The van der Waals surface area contributed by atoms with Crippen LogP contribution in [0.1, 0.15) is 52.4 Å². The highest BCUT2D eigenvalue weighted by Gasteiger charge is 2.25. The molecule has 1 rings (SSSR count). The predicted molar refractivity (Wildman–Crippen MR) is 96.9 cm³/mol. The van der Waals surface area contributed by atoms with Gasteiger partial charge in [-0.1, -0.05) is 13.8 Å². The number of halogens is 1. The number of hydrogen-bond acceptors (Lipinski definition) is 3. The van der Waals surface area contributed by atoms with Gasteiger partial charge in [0.1, 0.15) is 0 Å². The molecule has 1 unspecified atom stereocenters. The molecule has 23 heavy (non-hydrogen) atoms. The first-order chi connectivity index (χ1) is 10.6. The fourth-order valence-electron chi connectivity index (χ4n) is 3.12. The summed E-state index contributed by atoms with van der Waals surface area (Å²) in [5, 5.41) is 3.18. The molecule has 1 N–H and O–H groups in total. The Balaban J connectivity index is 0.00000484. The summed E-state index contributed by atoms with van der Waals surface area (Å²) in [4.78, 5) is 28.2. The van der Waals surface area contributed by atoms with Gasteiger partial charge in [0.25, 0.3) is 0 Å². The van der Waals surface area contributed by atoms with Gasteiger partial charge in [-0.2, -0.15) is 0 Å². The molecular formula is C17H34ClN3O2. The first-order valence-electron chi connectivity index (χ1n) is 8.82. The summed E-state index contributed by atoms with van der Waals surface area (Å²) in [7, 11) is 1.95. The van der Waals surface area contributed by atoms with Gasteiger partial charge < -0.3 is 15.1 Å². The van der Waals surface area contributed by atoms with E-state index in [0.29, 0.717) is 25.2 Å². The molecule has 6 heteroatoms. The van der Waals surface area contributed by atoms with Crippen molar-refractivity contribution in [3.8, 4) is 0 Å². The van der Waals surface area contributed by atoms with E-state index in [9.17, 15) is 9.59 Å². The van der Waals surface area contributed by atoms with E-state index in [4.69, 9.17) is 0 Å². The molecule has 0 aromatic heterocycles. The Morgan fingerprint density at radius 2 is 1.83 bits per heavy atom. The molecule has 1 saturated heterocycles. The Labute approximate surface area is 147 Å². The fraction of sp³-hybridized carbons (Fsp3) is 0.882. The van der Waals surface area contributed by atoms with Crippen LogP contribution in [0.4, 0.5) is 0 Å². The van der Waals surface area contributed by atoms with Crippen molar-refractivity contribution in [1.29, 1.82) is 0 Å². The van der Waals surface area contributed by atoms with Gasteiger partial charge in [0.05, 0.1) is 0 Å². The Kier molecular flexibility index (Phi) is 12.1. The summed E-state index contributed by atoms with van der Waals surface area (Å²) in [6.45, 7) is 8.56. The summed E-state index contributed by atoms with van der Waals surface area (Å²) in [6, 6.07) is 0. The van der Waals surface area contributed by atoms with Gasteiger partial charge in [-0.25, -0.2) is 0 Å². The van der Waals surface area contributed by atoms with E-state index >= 15 is 0 Å². The number of carbonyl (C=O) groups excluding carboxylic acids is 2. The molecule has 0 spiro atoms. The van der Waals surface area contributed by atoms with E-state index in [-0.39, 0.29) is 24.2 Å². The molecular weight excluding hydrogens is 314 g/mol. The minimum Gasteiger partial charge on any atom is -0.343 e. The van der Waals surface area contributed by atoms with Gasteiger partial charge in [-0.15, -0.1) is 12.4 Å². The lowest BCUT2D eigenvalue weighted by Crippen LogP contribution is -2.33. The molecule has 0 aromatic carbocycles. The lowest BCUT2D eigenvalue weighted by Gasteiger charge is -2.21. The van der Waals surface area contributed by atoms with Crippen LogP contribution >= 0.6 is 12.4 Å². The van der Waals surface area contributed by atoms with Crippen molar-refractivity contribution in [1.82, 2.24) is 15.1 Å². The van der Waals surface area contributed by atoms with Crippen molar-refractivity contribution in [2.24, 2.45) is 5.92 Å². The van der Waals surface area contributed by atoms with Crippen LogP contribution in [0.5, 0.6) is 0 Å². The van der Waals surface area contributed by atoms with Crippen molar-refractivity contribution in [2.75, 3.05) is 39.8 Å². The second-order valence-electron chi connectivity index (χ2n) is 6.29. The largest absolute Gasteiger partial charge is 0.343 e. The third-order valence-electron chi connectivity index (χ3n) is 4.25. The summed E-state index contributed by atoms with van der Waals surface area (Å²) < 4.78 is 0. The van der Waals surface area contributed by atoms with E-state index < -0.39 is 0 Å². The average Bonchev–Trinajstić information content (AvgIpc) is 2.96. The maximum atomic E-state index is 12.2. The molecule has 1 fully saturated rings. The quantitative estimate of drug-likeness (QED) is 0.659. The Morgan fingerprint density at radius 3 is 2.39 bits per heavy atom. The maximum Gasteiger partial charge on any atom is 0.222 e. The van der Waals surface area contributed by atoms with Crippen molar-refractivity contribution in [2.45, 2.75) is 52.4 Å². The van der Waals surface area contributed by atoms with Crippen molar-refractivity contribution >= 4 is 24.2 Å². The number of nitrogens with zero attached hydrogens (tertiary/aromatic N) is 2. The van der Waals surface area contributed by atoms with Gasteiger partial charge >= 0.3 is 0 Å². The molecule has 1 aliphatic rings. The van der Waals surface area contributed by atoms with E-state index in [2.05, 4.69) is 19.2 Å². The number of rotatable bonds is 10. The monoisotopic (exact) mass is 347 g/mol. The van der Waals surface area contributed by atoms with Crippen molar-refractivity contribution in [3.05, 3.63) is 0 Å². The first kappa shape index (κ1) is 22.2. The molecule has 136 valence electrons. The summed E-state index contributed by atoms with van der Waals surface area (Å²) in [5.74, 6) is 0.995. The third kappa shape index (κ3) is 8.02. The third-order valence-corrected chi connectivity index (χ3v) is 4.25. The molecule has 5 nitrogen and oxygen atoms in total. The highest BCUT2D eigenvalue weighted by molar-refractivity contribution is 5.85. The van der Waals surface area contributed by atoms with Gasteiger partial charge in [-0.05, 0) is 45.2 Å². The minimum atomic E-state index is 0. The SMILES string of the molecule is CCCN(CCC)C(=O)CCCC(=O)N1CCC(CNC)C1.Cl. The van der Waals surface area contributed by atoms with Crippen molar-refractivity contribution < 1.29 is 9.59 Å². The van der Waals surface area contributed by atoms with Crippen LogP contribution in [0.15, 0.2) is 0 Å². The molecule has 0 aromatic rings. The average molecular weight is 348 g/mol. The van der Waals surface area contributed by atoms with E-state index in [1.165, 1.54) is 0 Å². The van der Waals surface area contributed by atoms with Gasteiger partial charge in [0, 0.05) is 39.0 Å². The van der Waals surface area contributed by atoms with Crippen LogP contribution in [0.2, 0.25) is 0 Å². The van der Waals surface area contributed by atoms with Gasteiger partial charge in [-0.3, -0.25) is 9.59 Å². The zero-order valence-corrected chi connectivity index (χ0v) is 15.8. The molecule has 0 aliphatic carbocycles. The Bertz CT molecular complexity index is 347. The number of amides is 2. The lowest BCUT2D eigenvalue weighted by molar-refractivity contribution is -0.132. The zero-order chi connectivity index (χ0) is 16.4. The van der Waals surface area contributed by atoms with E-state index in [0.717, 1.165) is 52.0 Å². The number of hydrogen-bond donors (Lipinski definition) is 1. The minimum absolute atomic E-state index is 0. The second-order valence-corrected chi connectivity index (χ2v) is 6.29. The smallest absolute Gasteiger partial charge is 0.222 e. The number of likely N-dealkylation sites (tertiary alicyclic amines) is 1. The molecule has 1 heterocycles. The maximum absolute atomic E-state index is 12.2. The van der Waals surface area contributed by atoms with E-state index in [1.54, 1.807) is 0 Å². The molecule has 0 bridgehead atoms. The lowest BCUT2D eigenvalue weighted by atomic mass is 10.1. The summed E-state index contributed by atoms with van der Waals surface area (Å²) in [6.07, 6.45) is 4.75.